The number of hydrogen-bond donors (Lipinski definition) is 1. The second kappa shape index (κ2) is 10.9. The van der Waals surface area contributed by atoms with E-state index in [4.69, 9.17) is 34.8 Å². The van der Waals surface area contributed by atoms with Gasteiger partial charge in [-0.15, -0.1) is 10.2 Å². The van der Waals surface area contributed by atoms with Crippen LogP contribution in [-0.2, 0) is 4.79 Å². The lowest BCUT2D eigenvalue weighted by molar-refractivity contribution is -0.118. The van der Waals surface area contributed by atoms with E-state index in [0.29, 0.717) is 31.6 Å². The number of benzene rings is 3. The van der Waals surface area contributed by atoms with Crippen LogP contribution in [0.15, 0.2) is 83.1 Å². The zero-order valence-corrected chi connectivity index (χ0v) is 20.0. The number of halogens is 3. The zero-order valence-electron chi connectivity index (χ0n) is 17.0. The van der Waals surface area contributed by atoms with E-state index in [9.17, 15) is 4.79 Å². The van der Waals surface area contributed by atoms with Gasteiger partial charge in [-0.1, -0.05) is 70.8 Å². The summed E-state index contributed by atoms with van der Waals surface area (Å²) in [6, 6.07) is 22.2. The summed E-state index contributed by atoms with van der Waals surface area (Å²) in [4.78, 5) is 12.4. The number of carbonyl (C=O) groups is 1. The monoisotopic (exact) mass is 515 g/mol. The summed E-state index contributed by atoms with van der Waals surface area (Å²) in [7, 11) is 0. The summed E-state index contributed by atoms with van der Waals surface area (Å²) in [5, 5.41) is 14.7. The van der Waals surface area contributed by atoms with Crippen LogP contribution in [0.5, 0.6) is 0 Å². The van der Waals surface area contributed by atoms with Gasteiger partial charge in [-0.3, -0.25) is 9.36 Å². The fourth-order valence-corrected chi connectivity index (χ4v) is 4.29. The summed E-state index contributed by atoms with van der Waals surface area (Å²) in [5.41, 5.74) is 4.74. The molecule has 0 unspecified atom stereocenters. The van der Waals surface area contributed by atoms with Gasteiger partial charge in [0.1, 0.15) is 0 Å². The number of nitrogens with one attached hydrogen (secondary N) is 1. The minimum Gasteiger partial charge on any atom is -0.272 e. The molecule has 0 fully saturated rings. The Morgan fingerprint density at radius 3 is 2.33 bits per heavy atom. The number of thioether (sulfide) groups is 1. The Morgan fingerprint density at radius 2 is 1.64 bits per heavy atom. The molecule has 0 aliphatic heterocycles. The van der Waals surface area contributed by atoms with Gasteiger partial charge < -0.3 is 0 Å². The quantitative estimate of drug-likeness (QED) is 0.182. The predicted octanol–water partition coefficient (Wildman–Crippen LogP) is 6.14. The van der Waals surface area contributed by atoms with Crippen LogP contribution in [0, 0.1) is 0 Å². The molecule has 0 atom stereocenters. The lowest BCUT2D eigenvalue weighted by atomic mass is 10.2. The molecule has 1 amide bonds. The molecule has 0 saturated heterocycles. The van der Waals surface area contributed by atoms with Gasteiger partial charge in [-0.25, -0.2) is 5.43 Å². The smallest absolute Gasteiger partial charge is 0.250 e. The minimum atomic E-state index is -0.310. The highest BCUT2D eigenvalue weighted by Gasteiger charge is 2.17. The zero-order chi connectivity index (χ0) is 23.2. The summed E-state index contributed by atoms with van der Waals surface area (Å²) in [6.07, 6.45) is 1.42. The number of para-hydroxylation sites is 1. The first-order valence-corrected chi connectivity index (χ1v) is 11.8. The number of rotatable bonds is 7. The molecule has 0 radical (unpaired) electrons. The van der Waals surface area contributed by atoms with Gasteiger partial charge in [-0.2, -0.15) is 5.10 Å². The highest BCUT2D eigenvalue weighted by Crippen LogP contribution is 2.28. The Balaban J connectivity index is 1.50. The van der Waals surface area contributed by atoms with E-state index in [0.717, 1.165) is 11.3 Å². The summed E-state index contributed by atoms with van der Waals surface area (Å²) in [6.45, 7) is 0. The van der Waals surface area contributed by atoms with Crippen LogP contribution in [-0.4, -0.2) is 32.6 Å². The SMILES string of the molecule is O=C(CSc1nnc(-c2ccc(Cl)cc2)n1-c1ccccc1)N/N=C/c1c(Cl)cccc1Cl. The summed E-state index contributed by atoms with van der Waals surface area (Å²) in [5.74, 6) is 0.418. The van der Waals surface area contributed by atoms with E-state index in [1.165, 1.54) is 18.0 Å². The average Bonchev–Trinajstić information content (AvgIpc) is 3.24. The molecule has 166 valence electrons. The van der Waals surface area contributed by atoms with Gasteiger partial charge in [0.25, 0.3) is 5.91 Å². The molecule has 1 aromatic heterocycles. The second-order valence-corrected chi connectivity index (χ2v) is 8.89. The van der Waals surface area contributed by atoms with Crippen LogP contribution < -0.4 is 5.43 Å². The average molecular weight is 517 g/mol. The maximum atomic E-state index is 12.4. The minimum absolute atomic E-state index is 0.0825. The molecule has 3 aromatic carbocycles. The molecule has 0 aliphatic carbocycles. The van der Waals surface area contributed by atoms with Crippen LogP contribution in [0.2, 0.25) is 15.1 Å². The Labute approximate surface area is 209 Å². The lowest BCUT2D eigenvalue weighted by Crippen LogP contribution is -2.20. The number of carbonyl (C=O) groups excluding carboxylic acids is 1. The molecule has 33 heavy (non-hydrogen) atoms. The highest BCUT2D eigenvalue weighted by atomic mass is 35.5. The molecule has 0 aliphatic rings. The van der Waals surface area contributed by atoms with E-state index < -0.39 is 0 Å². The van der Waals surface area contributed by atoms with Crippen molar-refractivity contribution in [1.29, 1.82) is 0 Å². The van der Waals surface area contributed by atoms with Gasteiger partial charge in [0.05, 0.1) is 22.0 Å². The van der Waals surface area contributed by atoms with Crippen molar-refractivity contribution in [2.75, 3.05) is 5.75 Å². The maximum Gasteiger partial charge on any atom is 0.250 e. The van der Waals surface area contributed by atoms with Crippen molar-refractivity contribution in [2.45, 2.75) is 5.16 Å². The molecular formula is C23H16Cl3N5OS. The van der Waals surface area contributed by atoms with Gasteiger partial charge in [0.15, 0.2) is 11.0 Å². The third-order valence-electron chi connectivity index (χ3n) is 4.47. The molecule has 1 N–H and O–H groups in total. The molecule has 10 heteroatoms. The Kier molecular flexibility index (Phi) is 7.67. The first-order valence-electron chi connectivity index (χ1n) is 9.68. The fraction of sp³-hybridized carbons (Fsp3) is 0.0435. The Morgan fingerprint density at radius 1 is 0.939 bits per heavy atom. The largest absolute Gasteiger partial charge is 0.272 e. The van der Waals surface area contributed by atoms with Crippen molar-refractivity contribution in [2.24, 2.45) is 5.10 Å². The van der Waals surface area contributed by atoms with Crippen LogP contribution in [0.3, 0.4) is 0 Å². The first kappa shape index (κ1) is 23.3. The van der Waals surface area contributed by atoms with Crippen molar-refractivity contribution >= 4 is 58.7 Å². The van der Waals surface area contributed by atoms with E-state index >= 15 is 0 Å². The van der Waals surface area contributed by atoms with E-state index in [1.54, 1.807) is 30.3 Å². The van der Waals surface area contributed by atoms with Gasteiger partial charge >= 0.3 is 0 Å². The van der Waals surface area contributed by atoms with Crippen LogP contribution >= 0.6 is 46.6 Å². The second-order valence-electron chi connectivity index (χ2n) is 6.70. The van der Waals surface area contributed by atoms with Crippen molar-refractivity contribution in [3.63, 3.8) is 0 Å². The number of hydrazone groups is 1. The third-order valence-corrected chi connectivity index (χ3v) is 6.31. The fourth-order valence-electron chi connectivity index (χ4n) is 2.92. The van der Waals surface area contributed by atoms with Crippen molar-refractivity contribution < 1.29 is 4.79 Å². The van der Waals surface area contributed by atoms with E-state index in [2.05, 4.69) is 20.7 Å². The predicted molar refractivity (Wildman–Crippen MR) is 135 cm³/mol. The van der Waals surface area contributed by atoms with Crippen LogP contribution in [0.4, 0.5) is 0 Å². The molecule has 0 bridgehead atoms. The molecule has 1 heterocycles. The number of nitrogens with zero attached hydrogens (tertiary/aromatic N) is 4. The van der Waals surface area contributed by atoms with Gasteiger partial charge in [0.2, 0.25) is 0 Å². The first-order chi connectivity index (χ1) is 16.0. The van der Waals surface area contributed by atoms with Crippen LogP contribution in [0.1, 0.15) is 5.56 Å². The van der Waals surface area contributed by atoms with Crippen molar-refractivity contribution in [3.05, 3.63) is 93.4 Å². The molecule has 0 spiro atoms. The lowest BCUT2D eigenvalue weighted by Gasteiger charge is -2.10. The highest BCUT2D eigenvalue weighted by molar-refractivity contribution is 7.99. The summed E-state index contributed by atoms with van der Waals surface area (Å²) < 4.78 is 1.90. The van der Waals surface area contributed by atoms with Gasteiger partial charge in [-0.05, 0) is 48.5 Å². The molecule has 4 rings (SSSR count). The summed E-state index contributed by atoms with van der Waals surface area (Å²) >= 11 is 19.5. The normalized spacial score (nSPS) is 11.1. The molecular weight excluding hydrogens is 501 g/mol. The number of hydrogen-bond acceptors (Lipinski definition) is 5. The van der Waals surface area contributed by atoms with E-state index in [1.807, 2.05) is 47.0 Å². The number of aromatic nitrogens is 3. The molecule has 0 saturated carbocycles. The standard InChI is InChI=1S/C23H16Cl3N5OS/c24-16-11-9-15(10-12-16)22-29-30-23(31(22)17-5-2-1-3-6-17)33-14-21(32)28-27-13-18-19(25)7-4-8-20(18)26/h1-13H,14H2,(H,28,32)/b27-13+. The molecule has 6 nitrogen and oxygen atoms in total. The maximum absolute atomic E-state index is 12.4. The van der Waals surface area contributed by atoms with Crippen molar-refractivity contribution in [1.82, 2.24) is 20.2 Å². The topological polar surface area (TPSA) is 72.2 Å². The molecule has 4 aromatic rings. The Hall–Kier alpha value is -2.84. The number of amides is 1. The Bertz CT molecular complexity index is 1270. The van der Waals surface area contributed by atoms with Crippen molar-refractivity contribution in [3.8, 4) is 17.1 Å². The van der Waals surface area contributed by atoms with E-state index in [-0.39, 0.29) is 11.7 Å². The van der Waals surface area contributed by atoms with Crippen LogP contribution in [0.25, 0.3) is 17.1 Å². The third kappa shape index (κ3) is 5.75. The van der Waals surface area contributed by atoms with Gasteiger partial charge in [0, 0.05) is 21.8 Å².